The lowest BCUT2D eigenvalue weighted by molar-refractivity contribution is 0.397. The van der Waals surface area contributed by atoms with Gasteiger partial charge >= 0.3 is 0 Å². The van der Waals surface area contributed by atoms with Crippen molar-refractivity contribution in [2.75, 3.05) is 21.3 Å². The van der Waals surface area contributed by atoms with Gasteiger partial charge in [-0.15, -0.1) is 0 Å². The number of hydrogen-bond donors (Lipinski definition) is 0. The predicted octanol–water partition coefficient (Wildman–Crippen LogP) is 5.24. The van der Waals surface area contributed by atoms with Gasteiger partial charge in [-0.1, -0.05) is 34.8 Å². The summed E-state index contributed by atoms with van der Waals surface area (Å²) in [6.07, 6.45) is 0. The van der Waals surface area contributed by atoms with Gasteiger partial charge in [-0.25, -0.2) is 0 Å². The van der Waals surface area contributed by atoms with Gasteiger partial charge in [-0.3, -0.25) is 4.79 Å². The first-order chi connectivity index (χ1) is 11.9. The van der Waals surface area contributed by atoms with E-state index in [4.69, 9.17) is 53.4 Å². The Morgan fingerprint density at radius 1 is 0.840 bits per heavy atom. The molecule has 1 heterocycles. The molecule has 0 N–H and O–H groups in total. The molecule has 0 spiro atoms. The number of benzene rings is 2. The first-order valence-electron chi connectivity index (χ1n) is 7.09. The number of rotatable bonds is 3. The molecule has 1 aromatic heterocycles. The van der Waals surface area contributed by atoms with Crippen LogP contribution in [0.5, 0.6) is 17.2 Å². The van der Waals surface area contributed by atoms with E-state index >= 15 is 0 Å². The van der Waals surface area contributed by atoms with Crippen molar-refractivity contribution >= 4 is 56.7 Å². The zero-order valence-corrected chi connectivity index (χ0v) is 16.0. The van der Waals surface area contributed by atoms with Crippen LogP contribution in [0, 0.1) is 6.92 Å². The smallest absolute Gasteiger partial charge is 0.204 e. The Morgan fingerprint density at radius 2 is 1.44 bits per heavy atom. The lowest BCUT2D eigenvalue weighted by Crippen LogP contribution is -2.08. The largest absolute Gasteiger partial charge is 0.495 e. The average Bonchev–Trinajstić information content (AvgIpc) is 2.59. The maximum atomic E-state index is 13.1. The van der Waals surface area contributed by atoms with Crippen molar-refractivity contribution in [3.8, 4) is 17.2 Å². The number of aryl methyl sites for hydroxylation is 1. The van der Waals surface area contributed by atoms with Crippen LogP contribution >= 0.6 is 34.8 Å². The fraction of sp³-hybridized carbons (Fsp3) is 0.235. The molecule has 0 aliphatic rings. The molecule has 0 unspecified atom stereocenters. The summed E-state index contributed by atoms with van der Waals surface area (Å²) >= 11 is 18.9. The molecular weight excluding hydrogens is 391 g/mol. The Labute approximate surface area is 157 Å². The minimum Gasteiger partial charge on any atom is -0.495 e. The van der Waals surface area contributed by atoms with Gasteiger partial charge in [0.1, 0.15) is 26.2 Å². The van der Waals surface area contributed by atoms with Crippen molar-refractivity contribution in [3.05, 3.63) is 36.9 Å². The monoisotopic (exact) mass is 402 g/mol. The van der Waals surface area contributed by atoms with Gasteiger partial charge in [0, 0.05) is 0 Å². The number of hydrogen-bond acceptors (Lipinski definition) is 5. The second-order valence-corrected chi connectivity index (χ2v) is 6.38. The predicted molar refractivity (Wildman–Crippen MR) is 99.4 cm³/mol. The molecule has 8 heteroatoms. The molecule has 3 rings (SSSR count). The van der Waals surface area contributed by atoms with Crippen LogP contribution in [-0.2, 0) is 0 Å². The molecule has 5 nitrogen and oxygen atoms in total. The minimum absolute atomic E-state index is 0.0545. The van der Waals surface area contributed by atoms with E-state index < -0.39 is 0 Å². The lowest BCUT2D eigenvalue weighted by atomic mass is 10.1. The highest BCUT2D eigenvalue weighted by Gasteiger charge is 2.26. The van der Waals surface area contributed by atoms with Crippen LogP contribution in [0.1, 0.15) is 5.56 Å². The van der Waals surface area contributed by atoms with E-state index in [1.165, 1.54) is 21.3 Å². The molecule has 0 amide bonds. The molecular formula is C17H13Cl3O5. The topological polar surface area (TPSA) is 57.9 Å². The van der Waals surface area contributed by atoms with Crippen LogP contribution in [0.25, 0.3) is 21.9 Å². The van der Waals surface area contributed by atoms with Crippen molar-refractivity contribution in [2.24, 2.45) is 0 Å². The van der Waals surface area contributed by atoms with Crippen LogP contribution in [0.2, 0.25) is 15.1 Å². The molecule has 0 atom stereocenters. The van der Waals surface area contributed by atoms with Crippen LogP contribution < -0.4 is 19.6 Å². The Kier molecular flexibility index (Phi) is 4.66. The Balaban J connectivity index is 2.68. The second-order valence-electron chi connectivity index (χ2n) is 5.24. The van der Waals surface area contributed by atoms with Gasteiger partial charge in [0.25, 0.3) is 0 Å². The summed E-state index contributed by atoms with van der Waals surface area (Å²) in [5, 5.41) is 0.736. The summed E-state index contributed by atoms with van der Waals surface area (Å²) in [7, 11) is 4.27. The maximum absolute atomic E-state index is 13.1. The van der Waals surface area contributed by atoms with E-state index in [1.54, 1.807) is 13.0 Å². The highest BCUT2D eigenvalue weighted by molar-refractivity contribution is 6.42. The van der Waals surface area contributed by atoms with Crippen LogP contribution in [0.3, 0.4) is 0 Å². The van der Waals surface area contributed by atoms with Crippen molar-refractivity contribution in [2.45, 2.75) is 6.92 Å². The fourth-order valence-corrected chi connectivity index (χ4v) is 3.75. The minimum atomic E-state index is -0.360. The van der Waals surface area contributed by atoms with Crippen LogP contribution in [0.15, 0.2) is 15.3 Å². The molecule has 0 saturated heterocycles. The van der Waals surface area contributed by atoms with Gasteiger partial charge in [-0.05, 0) is 18.6 Å². The third-order valence-corrected chi connectivity index (χ3v) is 4.97. The third-order valence-electron chi connectivity index (χ3n) is 3.92. The number of halogens is 3. The highest BCUT2D eigenvalue weighted by Crippen LogP contribution is 2.47. The van der Waals surface area contributed by atoms with Crippen molar-refractivity contribution in [3.63, 3.8) is 0 Å². The summed E-state index contributed by atoms with van der Waals surface area (Å²) in [5.74, 6) is 0.656. The first kappa shape index (κ1) is 18.0. The molecule has 3 aromatic rings. The number of ether oxygens (including phenoxy) is 3. The normalized spacial score (nSPS) is 11.2. The van der Waals surface area contributed by atoms with Crippen LogP contribution in [0.4, 0.5) is 0 Å². The quantitative estimate of drug-likeness (QED) is 0.560. The Hall–Kier alpha value is -1.82. The van der Waals surface area contributed by atoms with E-state index in [0.717, 1.165) is 0 Å². The van der Waals surface area contributed by atoms with Crippen LogP contribution in [-0.4, -0.2) is 21.3 Å². The molecule has 0 aliphatic carbocycles. The summed E-state index contributed by atoms with van der Waals surface area (Å²) in [6, 6.07) is 1.66. The molecule has 0 fully saturated rings. The fourth-order valence-electron chi connectivity index (χ4n) is 2.78. The van der Waals surface area contributed by atoms with E-state index in [0.29, 0.717) is 16.7 Å². The van der Waals surface area contributed by atoms with Crippen molar-refractivity contribution in [1.29, 1.82) is 0 Å². The number of fused-ring (bicyclic) bond motifs is 2. The summed E-state index contributed by atoms with van der Waals surface area (Å²) in [4.78, 5) is 13.1. The van der Waals surface area contributed by atoms with E-state index in [2.05, 4.69) is 0 Å². The summed E-state index contributed by atoms with van der Waals surface area (Å²) in [6.45, 7) is 1.75. The molecule has 0 bridgehead atoms. The lowest BCUT2D eigenvalue weighted by Gasteiger charge is -2.15. The molecule has 132 valence electrons. The van der Waals surface area contributed by atoms with E-state index in [9.17, 15) is 4.79 Å². The van der Waals surface area contributed by atoms with Gasteiger partial charge < -0.3 is 18.6 Å². The molecule has 0 saturated carbocycles. The van der Waals surface area contributed by atoms with Gasteiger partial charge in [0.2, 0.25) is 5.43 Å². The molecule has 0 radical (unpaired) electrons. The first-order valence-corrected chi connectivity index (χ1v) is 8.23. The van der Waals surface area contributed by atoms with E-state index in [1.807, 2.05) is 0 Å². The average molecular weight is 404 g/mol. The molecule has 2 aromatic carbocycles. The molecule has 0 aliphatic heterocycles. The van der Waals surface area contributed by atoms with Crippen molar-refractivity contribution < 1.29 is 18.6 Å². The SMILES string of the molecule is COc1cc(C)c2c(=O)c3c(OC)c(Cl)c(OC)c(Cl)c3oc2c1Cl. The third kappa shape index (κ3) is 2.49. The summed E-state index contributed by atoms with van der Waals surface area (Å²) in [5.41, 5.74) is 0.523. The Morgan fingerprint density at radius 3 is 2.00 bits per heavy atom. The van der Waals surface area contributed by atoms with E-state index in [-0.39, 0.29) is 48.5 Å². The number of methoxy groups -OCH3 is 3. The van der Waals surface area contributed by atoms with Gasteiger partial charge in [0.15, 0.2) is 22.7 Å². The van der Waals surface area contributed by atoms with Gasteiger partial charge in [0.05, 0.1) is 26.7 Å². The Bertz CT molecular complexity index is 1070. The maximum Gasteiger partial charge on any atom is 0.204 e. The standard InChI is InChI=1S/C17H13Cl3O5/c1-6-5-7(22-2)10(18)15-8(6)13(21)9-14(23-3)11(19)17(24-4)12(20)16(9)25-15/h5H,1-4H3. The second kappa shape index (κ2) is 6.48. The zero-order chi connectivity index (χ0) is 18.5. The van der Waals surface area contributed by atoms with Gasteiger partial charge in [-0.2, -0.15) is 0 Å². The molecule has 25 heavy (non-hydrogen) atoms. The highest BCUT2D eigenvalue weighted by atomic mass is 35.5. The summed E-state index contributed by atoms with van der Waals surface area (Å²) < 4.78 is 21.6. The zero-order valence-electron chi connectivity index (χ0n) is 13.8. The van der Waals surface area contributed by atoms with Crippen molar-refractivity contribution in [1.82, 2.24) is 0 Å².